The molecule has 0 unspecified atom stereocenters. The van der Waals surface area contributed by atoms with Crippen LogP contribution in [0.2, 0.25) is 5.02 Å². The summed E-state index contributed by atoms with van der Waals surface area (Å²) < 4.78 is 44.0. The smallest absolute Gasteiger partial charge is 0.235 e. The van der Waals surface area contributed by atoms with Gasteiger partial charge in [0.05, 0.1) is 16.8 Å². The van der Waals surface area contributed by atoms with Crippen LogP contribution >= 0.6 is 11.6 Å². The van der Waals surface area contributed by atoms with Gasteiger partial charge < -0.3 is 10.1 Å². The first kappa shape index (κ1) is 23.8. The first-order valence-electron chi connectivity index (χ1n) is 10.8. The number of benzene rings is 3. The number of aromatic nitrogens is 3. The number of hydrogen-bond donors (Lipinski definition) is 1. The van der Waals surface area contributed by atoms with Crippen molar-refractivity contribution in [2.45, 2.75) is 6.61 Å². The quantitative estimate of drug-likeness (QED) is 0.281. The lowest BCUT2D eigenvalue weighted by molar-refractivity contribution is 0.306. The molecule has 0 aliphatic carbocycles. The Balaban J connectivity index is 1.39. The van der Waals surface area contributed by atoms with Crippen LogP contribution in [0, 0.1) is 5.82 Å². The summed E-state index contributed by atoms with van der Waals surface area (Å²) >= 11 is 6.43. The third kappa shape index (κ3) is 5.17. The van der Waals surface area contributed by atoms with Crippen molar-refractivity contribution in [3.63, 3.8) is 0 Å². The fraction of sp³-hybridized carbons (Fsp3) is 0.0769. The standard InChI is InChI=1S/C26H20ClFN4O3S/c1-36(33,34)32-10-9-19(14-32)18-5-7-24-22(12-18)26(30-16-29-24)31-21-6-8-25(23(27)13-21)35-15-17-3-2-4-20(28)11-17/h2-14,16H,15H2,1H3,(H,29,30,31). The maximum absolute atomic E-state index is 13.4. The molecular weight excluding hydrogens is 503 g/mol. The summed E-state index contributed by atoms with van der Waals surface area (Å²) in [6, 6.07) is 18.8. The number of hydrogen-bond acceptors (Lipinski definition) is 6. The van der Waals surface area contributed by atoms with Crippen molar-refractivity contribution in [2.24, 2.45) is 0 Å². The van der Waals surface area contributed by atoms with Gasteiger partial charge in [-0.3, -0.25) is 3.97 Å². The second-order valence-electron chi connectivity index (χ2n) is 8.14. The van der Waals surface area contributed by atoms with Crippen molar-refractivity contribution < 1.29 is 17.5 Å². The lowest BCUT2D eigenvalue weighted by atomic mass is 10.1. The van der Waals surface area contributed by atoms with Crippen molar-refractivity contribution in [1.29, 1.82) is 0 Å². The van der Waals surface area contributed by atoms with Crippen LogP contribution in [0.4, 0.5) is 15.9 Å². The summed E-state index contributed by atoms with van der Waals surface area (Å²) in [5, 5.41) is 4.40. The van der Waals surface area contributed by atoms with E-state index in [-0.39, 0.29) is 12.4 Å². The molecule has 0 atom stereocenters. The highest BCUT2D eigenvalue weighted by Crippen LogP contribution is 2.32. The third-order valence-electron chi connectivity index (χ3n) is 5.50. The van der Waals surface area contributed by atoms with Gasteiger partial charge in [0.25, 0.3) is 0 Å². The molecule has 0 saturated carbocycles. The molecule has 0 spiro atoms. The summed E-state index contributed by atoms with van der Waals surface area (Å²) in [6.45, 7) is 0.185. The number of rotatable bonds is 7. The van der Waals surface area contributed by atoms with Crippen molar-refractivity contribution in [2.75, 3.05) is 11.6 Å². The molecule has 0 saturated heterocycles. The van der Waals surface area contributed by atoms with Crippen LogP contribution in [0.15, 0.2) is 85.5 Å². The minimum absolute atomic E-state index is 0.185. The van der Waals surface area contributed by atoms with Crippen LogP contribution in [0.3, 0.4) is 0 Å². The predicted octanol–water partition coefficient (Wildman–Crippen LogP) is 6.02. The highest BCUT2D eigenvalue weighted by molar-refractivity contribution is 7.89. The summed E-state index contributed by atoms with van der Waals surface area (Å²) in [4.78, 5) is 8.71. The Morgan fingerprint density at radius 2 is 1.89 bits per heavy atom. The number of fused-ring (bicyclic) bond motifs is 1. The van der Waals surface area contributed by atoms with E-state index in [1.807, 2.05) is 18.2 Å². The van der Waals surface area contributed by atoms with Gasteiger partial charge in [-0.2, -0.15) is 0 Å². The monoisotopic (exact) mass is 522 g/mol. The Labute approximate surface area is 212 Å². The lowest BCUT2D eigenvalue weighted by Gasteiger charge is -2.12. The van der Waals surface area contributed by atoms with E-state index in [1.165, 1.54) is 28.6 Å². The average molecular weight is 523 g/mol. The molecule has 0 aliphatic heterocycles. The van der Waals surface area contributed by atoms with Crippen molar-refractivity contribution in [3.8, 4) is 16.9 Å². The van der Waals surface area contributed by atoms with Gasteiger partial charge in [-0.15, -0.1) is 0 Å². The Kier molecular flexibility index (Phi) is 6.34. The van der Waals surface area contributed by atoms with Crippen LogP contribution < -0.4 is 10.1 Å². The van der Waals surface area contributed by atoms with E-state index in [9.17, 15) is 12.8 Å². The van der Waals surface area contributed by atoms with E-state index in [0.717, 1.165) is 28.3 Å². The molecule has 0 fully saturated rings. The zero-order chi connectivity index (χ0) is 25.3. The molecular formula is C26H20ClFN4O3S. The number of ether oxygens (including phenoxy) is 1. The molecule has 2 heterocycles. The van der Waals surface area contributed by atoms with Crippen molar-refractivity contribution in [3.05, 3.63) is 102 Å². The van der Waals surface area contributed by atoms with E-state index in [1.54, 1.807) is 42.6 Å². The van der Waals surface area contributed by atoms with Crippen LogP contribution in [-0.4, -0.2) is 28.6 Å². The zero-order valence-corrected chi connectivity index (χ0v) is 20.6. The van der Waals surface area contributed by atoms with Gasteiger partial charge in [-0.1, -0.05) is 29.8 Å². The first-order chi connectivity index (χ1) is 17.3. The van der Waals surface area contributed by atoms with Gasteiger partial charge in [-0.05, 0) is 59.7 Å². The third-order valence-corrected chi connectivity index (χ3v) is 6.79. The molecule has 0 amide bonds. The highest BCUT2D eigenvalue weighted by atomic mass is 35.5. The topological polar surface area (TPSA) is 86.1 Å². The molecule has 0 radical (unpaired) electrons. The first-order valence-corrected chi connectivity index (χ1v) is 13.1. The molecule has 0 bridgehead atoms. The van der Waals surface area contributed by atoms with Gasteiger partial charge >= 0.3 is 0 Å². The minimum Gasteiger partial charge on any atom is -0.487 e. The summed E-state index contributed by atoms with van der Waals surface area (Å²) in [6.07, 6.45) is 5.68. The van der Waals surface area contributed by atoms with E-state index < -0.39 is 10.0 Å². The number of halogens is 2. The van der Waals surface area contributed by atoms with E-state index in [0.29, 0.717) is 27.8 Å². The van der Waals surface area contributed by atoms with Crippen LogP contribution in [0.5, 0.6) is 5.75 Å². The van der Waals surface area contributed by atoms with Crippen molar-refractivity contribution >= 4 is 44.0 Å². The number of nitrogens with zero attached hydrogens (tertiary/aromatic N) is 3. The van der Waals surface area contributed by atoms with Gasteiger partial charge in [-0.25, -0.2) is 22.8 Å². The molecule has 1 N–H and O–H groups in total. The molecule has 5 rings (SSSR count). The summed E-state index contributed by atoms with van der Waals surface area (Å²) in [5.41, 5.74) is 3.68. The summed E-state index contributed by atoms with van der Waals surface area (Å²) in [7, 11) is -3.37. The maximum Gasteiger partial charge on any atom is 0.235 e. The van der Waals surface area contributed by atoms with Crippen LogP contribution in [-0.2, 0) is 16.6 Å². The summed E-state index contributed by atoms with van der Waals surface area (Å²) in [5.74, 6) is 0.709. The predicted molar refractivity (Wildman–Crippen MR) is 139 cm³/mol. The maximum atomic E-state index is 13.4. The minimum atomic E-state index is -3.37. The second kappa shape index (κ2) is 9.60. The lowest BCUT2D eigenvalue weighted by Crippen LogP contribution is -2.06. The van der Waals surface area contributed by atoms with Gasteiger partial charge in [0.15, 0.2) is 0 Å². The second-order valence-corrected chi connectivity index (χ2v) is 10.4. The fourth-order valence-corrected chi connectivity index (χ4v) is 4.53. The van der Waals surface area contributed by atoms with Crippen molar-refractivity contribution in [1.82, 2.24) is 13.9 Å². The number of nitrogens with one attached hydrogen (secondary N) is 1. The molecule has 2 aromatic heterocycles. The molecule has 10 heteroatoms. The van der Waals surface area contributed by atoms with E-state index >= 15 is 0 Å². The van der Waals surface area contributed by atoms with Crippen LogP contribution in [0.1, 0.15) is 5.56 Å². The highest BCUT2D eigenvalue weighted by Gasteiger charge is 2.11. The largest absolute Gasteiger partial charge is 0.487 e. The Morgan fingerprint density at radius 1 is 1.03 bits per heavy atom. The normalized spacial score (nSPS) is 11.5. The average Bonchev–Trinajstić information content (AvgIpc) is 3.35. The molecule has 182 valence electrons. The van der Waals surface area contributed by atoms with E-state index in [2.05, 4.69) is 15.3 Å². The Bertz CT molecular complexity index is 1690. The molecule has 36 heavy (non-hydrogen) atoms. The Hall–Kier alpha value is -3.95. The Morgan fingerprint density at radius 3 is 2.64 bits per heavy atom. The van der Waals surface area contributed by atoms with Crippen LogP contribution in [0.25, 0.3) is 22.0 Å². The fourth-order valence-electron chi connectivity index (χ4n) is 3.71. The number of anilines is 2. The molecule has 0 aliphatic rings. The van der Waals surface area contributed by atoms with E-state index in [4.69, 9.17) is 16.3 Å². The molecule has 7 nitrogen and oxygen atoms in total. The SMILES string of the molecule is CS(=O)(=O)n1ccc(-c2ccc3ncnc(Nc4ccc(OCc5cccc(F)c5)c(Cl)c4)c3c2)c1. The van der Waals surface area contributed by atoms with Gasteiger partial charge in [0, 0.05) is 29.0 Å². The van der Waals surface area contributed by atoms with Gasteiger partial charge in [0.1, 0.15) is 30.3 Å². The molecule has 5 aromatic rings. The molecule has 3 aromatic carbocycles. The zero-order valence-electron chi connectivity index (χ0n) is 19.0. The van der Waals surface area contributed by atoms with Gasteiger partial charge in [0.2, 0.25) is 10.0 Å².